The number of carbonyl (C=O) groups excluding carboxylic acids is 1. The highest BCUT2D eigenvalue weighted by atomic mass is 16.3. The van der Waals surface area contributed by atoms with Gasteiger partial charge in [0.1, 0.15) is 5.82 Å². The SMILES string of the molecule is Cc1ncoc1C(=O)N(C)Cc1ncc[nH]1. The van der Waals surface area contributed by atoms with Gasteiger partial charge in [0, 0.05) is 19.4 Å². The van der Waals surface area contributed by atoms with Crippen LogP contribution in [0.2, 0.25) is 0 Å². The number of aromatic amines is 1. The highest BCUT2D eigenvalue weighted by Crippen LogP contribution is 2.09. The van der Waals surface area contributed by atoms with Crippen molar-refractivity contribution in [3.05, 3.63) is 36.1 Å². The number of nitrogens with one attached hydrogen (secondary N) is 1. The molecule has 2 heterocycles. The summed E-state index contributed by atoms with van der Waals surface area (Å²) in [6.45, 7) is 2.14. The van der Waals surface area contributed by atoms with Crippen molar-refractivity contribution in [3.63, 3.8) is 0 Å². The lowest BCUT2D eigenvalue weighted by Crippen LogP contribution is -2.26. The van der Waals surface area contributed by atoms with E-state index in [0.717, 1.165) is 5.82 Å². The highest BCUT2D eigenvalue weighted by Gasteiger charge is 2.18. The first-order valence-corrected chi connectivity index (χ1v) is 4.82. The van der Waals surface area contributed by atoms with Gasteiger partial charge in [-0.3, -0.25) is 4.79 Å². The molecule has 0 aliphatic rings. The molecule has 0 unspecified atom stereocenters. The van der Waals surface area contributed by atoms with E-state index in [0.29, 0.717) is 12.2 Å². The Balaban J connectivity index is 2.08. The van der Waals surface area contributed by atoms with Crippen molar-refractivity contribution in [2.75, 3.05) is 7.05 Å². The molecular formula is C10H12N4O2. The predicted octanol–water partition coefficient (Wildman–Crippen LogP) is 0.978. The molecule has 0 bridgehead atoms. The minimum Gasteiger partial charge on any atom is -0.438 e. The first kappa shape index (κ1) is 10.4. The highest BCUT2D eigenvalue weighted by molar-refractivity contribution is 5.92. The van der Waals surface area contributed by atoms with E-state index in [9.17, 15) is 4.79 Å². The van der Waals surface area contributed by atoms with E-state index in [-0.39, 0.29) is 11.7 Å². The lowest BCUT2D eigenvalue weighted by molar-refractivity contribution is 0.0749. The second kappa shape index (κ2) is 4.18. The van der Waals surface area contributed by atoms with Crippen LogP contribution in [0.3, 0.4) is 0 Å². The zero-order chi connectivity index (χ0) is 11.5. The second-order valence-corrected chi connectivity index (χ2v) is 3.46. The molecule has 2 rings (SSSR count). The van der Waals surface area contributed by atoms with Crippen molar-refractivity contribution >= 4 is 5.91 Å². The van der Waals surface area contributed by atoms with Gasteiger partial charge in [-0.15, -0.1) is 0 Å². The number of aryl methyl sites for hydroxylation is 1. The van der Waals surface area contributed by atoms with Crippen LogP contribution in [0.15, 0.2) is 23.2 Å². The Hall–Kier alpha value is -2.11. The molecule has 0 saturated carbocycles. The van der Waals surface area contributed by atoms with Gasteiger partial charge < -0.3 is 14.3 Å². The maximum absolute atomic E-state index is 11.9. The van der Waals surface area contributed by atoms with E-state index >= 15 is 0 Å². The molecule has 0 aromatic carbocycles. The van der Waals surface area contributed by atoms with Crippen LogP contribution < -0.4 is 0 Å². The molecule has 0 aliphatic heterocycles. The molecule has 0 saturated heterocycles. The molecule has 0 fully saturated rings. The van der Waals surface area contributed by atoms with E-state index in [4.69, 9.17) is 4.42 Å². The number of hydrogen-bond donors (Lipinski definition) is 1. The van der Waals surface area contributed by atoms with Crippen LogP contribution >= 0.6 is 0 Å². The summed E-state index contributed by atoms with van der Waals surface area (Å²) in [7, 11) is 1.69. The first-order chi connectivity index (χ1) is 7.68. The van der Waals surface area contributed by atoms with Crippen LogP contribution in [0.25, 0.3) is 0 Å². The molecule has 2 aromatic heterocycles. The lowest BCUT2D eigenvalue weighted by Gasteiger charge is -2.13. The van der Waals surface area contributed by atoms with Gasteiger partial charge in [0.2, 0.25) is 5.76 Å². The van der Waals surface area contributed by atoms with Crippen LogP contribution in [0.5, 0.6) is 0 Å². The summed E-state index contributed by atoms with van der Waals surface area (Å²) in [5, 5.41) is 0. The third-order valence-corrected chi connectivity index (χ3v) is 2.23. The number of nitrogens with zero attached hydrogens (tertiary/aromatic N) is 3. The van der Waals surface area contributed by atoms with Gasteiger partial charge in [0.25, 0.3) is 5.91 Å². The average molecular weight is 220 g/mol. The van der Waals surface area contributed by atoms with E-state index in [1.54, 1.807) is 26.4 Å². The fourth-order valence-electron chi connectivity index (χ4n) is 1.36. The Kier molecular flexibility index (Phi) is 2.72. The number of imidazole rings is 1. The van der Waals surface area contributed by atoms with Crippen LogP contribution in [0, 0.1) is 6.92 Å². The van der Waals surface area contributed by atoms with Crippen LogP contribution in [-0.4, -0.2) is 32.8 Å². The Morgan fingerprint density at radius 3 is 2.94 bits per heavy atom. The summed E-state index contributed by atoms with van der Waals surface area (Å²) in [4.78, 5) is 24.3. The fourth-order valence-corrected chi connectivity index (χ4v) is 1.36. The summed E-state index contributed by atoms with van der Waals surface area (Å²) >= 11 is 0. The largest absolute Gasteiger partial charge is 0.438 e. The fraction of sp³-hybridized carbons (Fsp3) is 0.300. The van der Waals surface area contributed by atoms with Crippen molar-refractivity contribution in [2.45, 2.75) is 13.5 Å². The zero-order valence-corrected chi connectivity index (χ0v) is 9.10. The topological polar surface area (TPSA) is 75.0 Å². The van der Waals surface area contributed by atoms with Crippen LogP contribution in [-0.2, 0) is 6.54 Å². The van der Waals surface area contributed by atoms with Crippen molar-refractivity contribution in [1.82, 2.24) is 19.9 Å². The molecule has 1 N–H and O–H groups in total. The molecule has 0 atom stereocenters. The molecule has 2 aromatic rings. The number of oxazole rings is 1. The normalized spacial score (nSPS) is 10.4. The van der Waals surface area contributed by atoms with E-state index in [2.05, 4.69) is 15.0 Å². The van der Waals surface area contributed by atoms with Crippen molar-refractivity contribution < 1.29 is 9.21 Å². The molecule has 6 heteroatoms. The van der Waals surface area contributed by atoms with E-state index in [1.807, 2.05) is 0 Å². The molecular weight excluding hydrogens is 208 g/mol. The minimum absolute atomic E-state index is 0.202. The summed E-state index contributed by atoms with van der Waals surface area (Å²) < 4.78 is 5.03. The van der Waals surface area contributed by atoms with Gasteiger partial charge in [-0.05, 0) is 6.92 Å². The van der Waals surface area contributed by atoms with E-state index in [1.165, 1.54) is 11.3 Å². The second-order valence-electron chi connectivity index (χ2n) is 3.46. The molecule has 16 heavy (non-hydrogen) atoms. The third kappa shape index (κ3) is 1.95. The lowest BCUT2D eigenvalue weighted by atomic mass is 10.3. The maximum atomic E-state index is 11.9. The van der Waals surface area contributed by atoms with Crippen molar-refractivity contribution in [2.24, 2.45) is 0 Å². The van der Waals surface area contributed by atoms with Gasteiger partial charge in [-0.1, -0.05) is 0 Å². The standard InChI is InChI=1S/C10H12N4O2/c1-7-9(16-6-13-7)10(15)14(2)5-8-11-3-4-12-8/h3-4,6H,5H2,1-2H3,(H,11,12). The number of hydrogen-bond acceptors (Lipinski definition) is 4. The zero-order valence-electron chi connectivity index (χ0n) is 9.10. The van der Waals surface area contributed by atoms with E-state index < -0.39 is 0 Å². The molecule has 0 aliphatic carbocycles. The number of amides is 1. The number of H-pyrrole nitrogens is 1. The molecule has 0 radical (unpaired) electrons. The Morgan fingerprint density at radius 1 is 1.56 bits per heavy atom. The number of carbonyl (C=O) groups is 1. The summed E-state index contributed by atoms with van der Waals surface area (Å²) in [6.07, 6.45) is 4.63. The Labute approximate surface area is 92.3 Å². The quantitative estimate of drug-likeness (QED) is 0.836. The number of aromatic nitrogens is 3. The number of rotatable bonds is 3. The monoisotopic (exact) mass is 220 g/mol. The van der Waals surface area contributed by atoms with Gasteiger partial charge in [0.05, 0.1) is 12.2 Å². The van der Waals surface area contributed by atoms with Gasteiger partial charge >= 0.3 is 0 Å². The predicted molar refractivity (Wildman–Crippen MR) is 55.6 cm³/mol. The smallest absolute Gasteiger partial charge is 0.291 e. The van der Waals surface area contributed by atoms with Gasteiger partial charge in [-0.2, -0.15) is 0 Å². The Morgan fingerprint density at radius 2 is 2.38 bits per heavy atom. The van der Waals surface area contributed by atoms with Crippen LogP contribution in [0.1, 0.15) is 22.1 Å². The maximum Gasteiger partial charge on any atom is 0.291 e. The minimum atomic E-state index is -0.202. The first-order valence-electron chi connectivity index (χ1n) is 4.82. The molecule has 0 spiro atoms. The van der Waals surface area contributed by atoms with Crippen LogP contribution in [0.4, 0.5) is 0 Å². The summed E-state index contributed by atoms with van der Waals surface area (Å²) in [5.74, 6) is 0.800. The van der Waals surface area contributed by atoms with Gasteiger partial charge in [0.15, 0.2) is 6.39 Å². The summed E-state index contributed by atoms with van der Waals surface area (Å²) in [5.41, 5.74) is 0.594. The molecule has 6 nitrogen and oxygen atoms in total. The molecule has 84 valence electrons. The third-order valence-electron chi connectivity index (χ3n) is 2.23. The van der Waals surface area contributed by atoms with Crippen molar-refractivity contribution in [3.8, 4) is 0 Å². The average Bonchev–Trinajstić information content (AvgIpc) is 2.88. The van der Waals surface area contributed by atoms with Crippen molar-refractivity contribution in [1.29, 1.82) is 0 Å². The van der Waals surface area contributed by atoms with Gasteiger partial charge in [-0.25, -0.2) is 9.97 Å². The Bertz CT molecular complexity index is 475. The molecule has 1 amide bonds. The summed E-state index contributed by atoms with van der Waals surface area (Å²) in [6, 6.07) is 0.